The molecule has 6 nitrogen and oxygen atoms in total. The lowest BCUT2D eigenvalue weighted by atomic mass is 10.4. The van der Waals surface area contributed by atoms with Crippen LogP contribution in [-0.2, 0) is 4.74 Å². The van der Waals surface area contributed by atoms with E-state index in [2.05, 4.69) is 9.97 Å². The van der Waals surface area contributed by atoms with Crippen LogP contribution in [0.3, 0.4) is 0 Å². The maximum atomic E-state index is 9.27. The molecule has 0 fully saturated rings. The largest absolute Gasteiger partial charge is 0.490 e. The van der Waals surface area contributed by atoms with Gasteiger partial charge in [-0.25, -0.2) is 9.97 Å². The number of aromatic nitrogens is 2. The summed E-state index contributed by atoms with van der Waals surface area (Å²) in [4.78, 5) is 7.58. The van der Waals surface area contributed by atoms with E-state index >= 15 is 0 Å². The first kappa shape index (κ1) is 12.7. The van der Waals surface area contributed by atoms with Crippen molar-refractivity contribution in [3.63, 3.8) is 0 Å². The Kier molecular flexibility index (Phi) is 4.45. The lowest BCUT2D eigenvalue weighted by Gasteiger charge is -2.17. The van der Waals surface area contributed by atoms with Crippen LogP contribution in [0.2, 0.25) is 0 Å². The number of nitrogens with two attached hydrogens (primary N) is 1. The zero-order chi connectivity index (χ0) is 12.0. The minimum atomic E-state index is -1.09. The fraction of sp³-hybridized carbons (Fsp3) is 0.600. The van der Waals surface area contributed by atoms with E-state index in [-0.39, 0.29) is 5.95 Å². The van der Waals surface area contributed by atoms with Gasteiger partial charge in [-0.05, 0) is 13.8 Å². The molecule has 0 amide bonds. The second kappa shape index (κ2) is 5.62. The highest BCUT2D eigenvalue weighted by atomic mass is 16.6. The van der Waals surface area contributed by atoms with Gasteiger partial charge in [0, 0.05) is 6.42 Å². The van der Waals surface area contributed by atoms with Crippen molar-refractivity contribution >= 4 is 5.95 Å². The average Bonchev–Trinajstić information content (AvgIpc) is 2.19. The standard InChI is InChI=1S/C10H17N3O3/c1-10(2,14)16-5-3-4-15-8-6-12-9(11)13-7-8/h6-7,14H,3-5H2,1-2H3,(H2,11,12,13). The highest BCUT2D eigenvalue weighted by molar-refractivity contribution is 5.20. The van der Waals surface area contributed by atoms with Crippen LogP contribution in [0.25, 0.3) is 0 Å². The van der Waals surface area contributed by atoms with E-state index in [9.17, 15) is 5.11 Å². The van der Waals surface area contributed by atoms with Gasteiger partial charge in [0.2, 0.25) is 5.95 Å². The summed E-state index contributed by atoms with van der Waals surface area (Å²) in [6, 6.07) is 0. The average molecular weight is 227 g/mol. The normalized spacial score (nSPS) is 11.4. The van der Waals surface area contributed by atoms with Crippen LogP contribution in [0.15, 0.2) is 12.4 Å². The van der Waals surface area contributed by atoms with E-state index in [0.29, 0.717) is 25.4 Å². The molecular formula is C10H17N3O3. The molecule has 0 atom stereocenters. The van der Waals surface area contributed by atoms with Crippen molar-refractivity contribution in [3.8, 4) is 5.75 Å². The van der Waals surface area contributed by atoms with E-state index < -0.39 is 5.79 Å². The Hall–Kier alpha value is -1.40. The van der Waals surface area contributed by atoms with Crippen LogP contribution in [0.4, 0.5) is 5.95 Å². The first-order valence-corrected chi connectivity index (χ1v) is 5.04. The van der Waals surface area contributed by atoms with Crippen molar-refractivity contribution in [1.29, 1.82) is 0 Å². The van der Waals surface area contributed by atoms with Crippen molar-refractivity contribution in [1.82, 2.24) is 9.97 Å². The number of nitrogens with zero attached hydrogens (tertiary/aromatic N) is 2. The molecule has 0 aliphatic rings. The van der Waals surface area contributed by atoms with Gasteiger partial charge in [0.1, 0.15) is 0 Å². The second-order valence-electron chi connectivity index (χ2n) is 3.77. The van der Waals surface area contributed by atoms with Crippen molar-refractivity contribution in [2.75, 3.05) is 18.9 Å². The molecule has 0 spiro atoms. The van der Waals surface area contributed by atoms with Gasteiger partial charge in [0.25, 0.3) is 0 Å². The van der Waals surface area contributed by atoms with Crippen molar-refractivity contribution < 1.29 is 14.6 Å². The van der Waals surface area contributed by atoms with Gasteiger partial charge in [-0.2, -0.15) is 0 Å². The Bertz CT molecular complexity index is 308. The Balaban J connectivity index is 2.14. The van der Waals surface area contributed by atoms with Crippen molar-refractivity contribution in [2.45, 2.75) is 26.1 Å². The number of aliphatic hydroxyl groups is 1. The smallest absolute Gasteiger partial charge is 0.220 e. The summed E-state index contributed by atoms with van der Waals surface area (Å²) >= 11 is 0. The summed E-state index contributed by atoms with van der Waals surface area (Å²) in [5.41, 5.74) is 5.33. The predicted molar refractivity (Wildman–Crippen MR) is 58.8 cm³/mol. The molecule has 1 aromatic rings. The van der Waals surface area contributed by atoms with E-state index in [1.807, 2.05) is 0 Å². The van der Waals surface area contributed by atoms with Gasteiger partial charge >= 0.3 is 0 Å². The first-order valence-electron chi connectivity index (χ1n) is 5.04. The Morgan fingerprint density at radius 2 is 1.94 bits per heavy atom. The zero-order valence-corrected chi connectivity index (χ0v) is 9.51. The molecule has 3 N–H and O–H groups in total. The second-order valence-corrected chi connectivity index (χ2v) is 3.77. The SMILES string of the molecule is CC(C)(O)OCCCOc1cnc(N)nc1. The van der Waals surface area contributed by atoms with Gasteiger partial charge in [-0.1, -0.05) is 0 Å². The van der Waals surface area contributed by atoms with Crippen LogP contribution < -0.4 is 10.5 Å². The lowest BCUT2D eigenvalue weighted by Crippen LogP contribution is -2.24. The molecule has 0 aliphatic heterocycles. The maximum absolute atomic E-state index is 9.27. The molecular weight excluding hydrogens is 210 g/mol. The Labute approximate surface area is 94.4 Å². The first-order chi connectivity index (χ1) is 7.47. The molecule has 0 bridgehead atoms. The molecule has 1 rings (SSSR count). The topological polar surface area (TPSA) is 90.5 Å². The molecule has 90 valence electrons. The summed E-state index contributed by atoms with van der Waals surface area (Å²) in [6.45, 7) is 4.08. The van der Waals surface area contributed by atoms with Crippen LogP contribution in [0.1, 0.15) is 20.3 Å². The van der Waals surface area contributed by atoms with Crippen molar-refractivity contribution in [3.05, 3.63) is 12.4 Å². The van der Waals surface area contributed by atoms with E-state index in [4.69, 9.17) is 15.2 Å². The summed E-state index contributed by atoms with van der Waals surface area (Å²) in [6.07, 6.45) is 3.70. The van der Waals surface area contributed by atoms with Crippen LogP contribution in [0, 0.1) is 0 Å². The highest BCUT2D eigenvalue weighted by Crippen LogP contribution is 2.08. The van der Waals surface area contributed by atoms with E-state index in [0.717, 1.165) is 0 Å². The maximum Gasteiger partial charge on any atom is 0.220 e. The van der Waals surface area contributed by atoms with Crippen LogP contribution in [-0.4, -0.2) is 34.1 Å². The quantitative estimate of drug-likeness (QED) is 0.545. The summed E-state index contributed by atoms with van der Waals surface area (Å²) in [7, 11) is 0. The fourth-order valence-electron chi connectivity index (χ4n) is 0.972. The Morgan fingerprint density at radius 1 is 1.31 bits per heavy atom. The number of nitrogen functional groups attached to an aromatic ring is 1. The molecule has 0 saturated heterocycles. The summed E-state index contributed by atoms with van der Waals surface area (Å²) < 4.78 is 10.4. The monoisotopic (exact) mass is 227 g/mol. The fourth-order valence-corrected chi connectivity index (χ4v) is 0.972. The number of rotatable bonds is 6. The molecule has 0 saturated carbocycles. The van der Waals surface area contributed by atoms with Crippen LogP contribution in [0.5, 0.6) is 5.75 Å². The van der Waals surface area contributed by atoms with Gasteiger partial charge < -0.3 is 20.3 Å². The van der Waals surface area contributed by atoms with Crippen LogP contribution >= 0.6 is 0 Å². The third-order valence-electron chi connectivity index (χ3n) is 1.66. The molecule has 0 aromatic carbocycles. The summed E-state index contributed by atoms with van der Waals surface area (Å²) in [5, 5.41) is 9.27. The molecule has 0 radical (unpaired) electrons. The number of hydrogen-bond donors (Lipinski definition) is 2. The third kappa shape index (κ3) is 5.47. The molecule has 1 heterocycles. The predicted octanol–water partition coefficient (Wildman–Crippen LogP) is 0.573. The number of ether oxygens (including phenoxy) is 2. The minimum Gasteiger partial charge on any atom is -0.490 e. The highest BCUT2D eigenvalue weighted by Gasteiger charge is 2.11. The molecule has 6 heteroatoms. The van der Waals surface area contributed by atoms with E-state index in [1.54, 1.807) is 13.8 Å². The molecule has 0 aliphatic carbocycles. The lowest BCUT2D eigenvalue weighted by molar-refractivity contribution is -0.176. The van der Waals surface area contributed by atoms with Gasteiger partial charge in [-0.3, -0.25) is 0 Å². The van der Waals surface area contributed by atoms with Gasteiger partial charge in [0.15, 0.2) is 11.5 Å². The van der Waals surface area contributed by atoms with Gasteiger partial charge in [0.05, 0.1) is 25.6 Å². The van der Waals surface area contributed by atoms with E-state index in [1.165, 1.54) is 12.4 Å². The van der Waals surface area contributed by atoms with Crippen molar-refractivity contribution in [2.24, 2.45) is 0 Å². The van der Waals surface area contributed by atoms with Gasteiger partial charge in [-0.15, -0.1) is 0 Å². The third-order valence-corrected chi connectivity index (χ3v) is 1.66. The number of anilines is 1. The molecule has 16 heavy (non-hydrogen) atoms. The Morgan fingerprint density at radius 3 is 2.50 bits per heavy atom. The zero-order valence-electron chi connectivity index (χ0n) is 9.51. The number of hydrogen-bond acceptors (Lipinski definition) is 6. The molecule has 0 unspecified atom stereocenters. The summed E-state index contributed by atoms with van der Waals surface area (Å²) in [5.74, 6) is -0.306. The molecule has 1 aromatic heterocycles. The minimum absolute atomic E-state index is 0.220.